The number of para-hydroxylation sites is 2. The number of nitrogens with one attached hydrogen (secondary N) is 1. The molecule has 0 heterocycles. The second-order valence-corrected chi connectivity index (χ2v) is 4.90. The smallest absolute Gasteiger partial charge is 0.261 e. The SMILES string of the molecule is COc1ccccc1CNC(=O)C(C)Oc1ccccc1C#N. The van der Waals surface area contributed by atoms with Crippen LogP contribution in [-0.2, 0) is 11.3 Å². The quantitative estimate of drug-likeness (QED) is 0.890. The van der Waals surface area contributed by atoms with Gasteiger partial charge in [0, 0.05) is 12.1 Å². The zero-order chi connectivity index (χ0) is 16.7. The maximum absolute atomic E-state index is 12.2. The first-order chi connectivity index (χ1) is 11.2. The molecule has 23 heavy (non-hydrogen) atoms. The van der Waals surface area contributed by atoms with E-state index in [4.69, 9.17) is 14.7 Å². The first-order valence-electron chi connectivity index (χ1n) is 7.21. The van der Waals surface area contributed by atoms with Gasteiger partial charge < -0.3 is 14.8 Å². The average molecular weight is 310 g/mol. The maximum atomic E-state index is 12.2. The number of carbonyl (C=O) groups is 1. The molecule has 0 radical (unpaired) electrons. The summed E-state index contributed by atoms with van der Waals surface area (Å²) in [4.78, 5) is 12.2. The number of hydrogen-bond donors (Lipinski definition) is 1. The number of methoxy groups -OCH3 is 1. The molecule has 0 fully saturated rings. The number of nitrogens with zero attached hydrogens (tertiary/aromatic N) is 1. The largest absolute Gasteiger partial charge is 0.496 e. The van der Waals surface area contributed by atoms with E-state index < -0.39 is 6.10 Å². The fourth-order valence-corrected chi connectivity index (χ4v) is 2.08. The van der Waals surface area contributed by atoms with Crippen molar-refractivity contribution in [1.29, 1.82) is 5.26 Å². The topological polar surface area (TPSA) is 71.3 Å². The fraction of sp³-hybridized carbons (Fsp3) is 0.222. The summed E-state index contributed by atoms with van der Waals surface area (Å²) in [5, 5.41) is 11.8. The first-order valence-corrected chi connectivity index (χ1v) is 7.21. The summed E-state index contributed by atoms with van der Waals surface area (Å²) in [5.41, 5.74) is 1.28. The van der Waals surface area contributed by atoms with Crippen molar-refractivity contribution >= 4 is 5.91 Å². The molecule has 2 aromatic rings. The summed E-state index contributed by atoms with van der Waals surface area (Å²) < 4.78 is 10.8. The number of amides is 1. The number of carbonyl (C=O) groups excluding carboxylic acids is 1. The van der Waals surface area contributed by atoms with E-state index in [0.717, 1.165) is 11.3 Å². The Bertz CT molecular complexity index is 722. The molecule has 2 aromatic carbocycles. The Morgan fingerprint density at radius 3 is 2.52 bits per heavy atom. The Hall–Kier alpha value is -3.00. The van der Waals surface area contributed by atoms with Crippen molar-refractivity contribution in [2.24, 2.45) is 0 Å². The van der Waals surface area contributed by atoms with Crippen LogP contribution in [-0.4, -0.2) is 19.1 Å². The minimum absolute atomic E-state index is 0.261. The van der Waals surface area contributed by atoms with E-state index in [1.807, 2.05) is 30.3 Å². The Balaban J connectivity index is 1.97. The van der Waals surface area contributed by atoms with Crippen molar-refractivity contribution < 1.29 is 14.3 Å². The summed E-state index contributed by atoms with van der Waals surface area (Å²) in [7, 11) is 1.59. The Labute approximate surface area is 135 Å². The van der Waals surface area contributed by atoms with E-state index >= 15 is 0 Å². The number of benzene rings is 2. The van der Waals surface area contributed by atoms with Gasteiger partial charge in [-0.1, -0.05) is 30.3 Å². The first kappa shape index (κ1) is 16.4. The van der Waals surface area contributed by atoms with Crippen LogP contribution in [0, 0.1) is 11.3 Å². The van der Waals surface area contributed by atoms with Gasteiger partial charge in [0.2, 0.25) is 0 Å². The molecule has 1 atom stereocenters. The normalized spacial score (nSPS) is 11.2. The monoisotopic (exact) mass is 310 g/mol. The lowest BCUT2D eigenvalue weighted by molar-refractivity contribution is -0.127. The number of nitriles is 1. The van der Waals surface area contributed by atoms with Gasteiger partial charge in [-0.15, -0.1) is 0 Å². The number of hydrogen-bond acceptors (Lipinski definition) is 4. The molecule has 0 saturated heterocycles. The molecule has 1 amide bonds. The van der Waals surface area contributed by atoms with Gasteiger partial charge >= 0.3 is 0 Å². The van der Waals surface area contributed by atoms with Crippen molar-refractivity contribution in [2.45, 2.75) is 19.6 Å². The highest BCUT2D eigenvalue weighted by molar-refractivity contribution is 5.80. The highest BCUT2D eigenvalue weighted by atomic mass is 16.5. The lowest BCUT2D eigenvalue weighted by Gasteiger charge is -2.16. The average Bonchev–Trinajstić information content (AvgIpc) is 2.60. The second kappa shape index (κ2) is 7.85. The van der Waals surface area contributed by atoms with Crippen molar-refractivity contribution in [3.05, 3.63) is 59.7 Å². The van der Waals surface area contributed by atoms with Crippen LogP contribution in [0.3, 0.4) is 0 Å². The second-order valence-electron chi connectivity index (χ2n) is 4.90. The van der Waals surface area contributed by atoms with Gasteiger partial charge in [0.25, 0.3) is 5.91 Å². The van der Waals surface area contributed by atoms with Gasteiger partial charge in [0.15, 0.2) is 6.10 Å². The zero-order valence-corrected chi connectivity index (χ0v) is 13.1. The summed E-state index contributed by atoms with van der Waals surface area (Å²) in [5.74, 6) is 0.856. The fourth-order valence-electron chi connectivity index (χ4n) is 2.08. The molecule has 0 aliphatic rings. The van der Waals surface area contributed by atoms with E-state index in [1.165, 1.54) is 0 Å². The molecule has 1 unspecified atom stereocenters. The van der Waals surface area contributed by atoms with Crippen molar-refractivity contribution in [3.63, 3.8) is 0 Å². The van der Waals surface area contributed by atoms with Gasteiger partial charge in [-0.05, 0) is 25.1 Å². The van der Waals surface area contributed by atoms with Crippen LogP contribution in [0.25, 0.3) is 0 Å². The van der Waals surface area contributed by atoms with Crippen LogP contribution >= 0.6 is 0 Å². The standard InChI is InChI=1S/C18H18N2O3/c1-13(23-17-10-6-3-7-14(17)11-19)18(21)20-12-15-8-4-5-9-16(15)22-2/h3-10,13H,12H2,1-2H3,(H,20,21). The van der Waals surface area contributed by atoms with E-state index in [0.29, 0.717) is 17.9 Å². The summed E-state index contributed by atoms with van der Waals surface area (Å²) >= 11 is 0. The predicted molar refractivity (Wildman–Crippen MR) is 86.1 cm³/mol. The predicted octanol–water partition coefficient (Wildman–Crippen LogP) is 2.65. The molecule has 118 valence electrons. The van der Waals surface area contributed by atoms with Crippen LogP contribution < -0.4 is 14.8 Å². The highest BCUT2D eigenvalue weighted by Crippen LogP contribution is 2.19. The summed E-state index contributed by atoms with van der Waals surface area (Å²) in [6.45, 7) is 1.99. The van der Waals surface area contributed by atoms with Crippen molar-refractivity contribution in [2.75, 3.05) is 7.11 Å². The van der Waals surface area contributed by atoms with Crippen LogP contribution in [0.4, 0.5) is 0 Å². The molecular formula is C18H18N2O3. The highest BCUT2D eigenvalue weighted by Gasteiger charge is 2.16. The maximum Gasteiger partial charge on any atom is 0.261 e. The molecule has 1 N–H and O–H groups in total. The lowest BCUT2D eigenvalue weighted by Crippen LogP contribution is -2.36. The van der Waals surface area contributed by atoms with Crippen LogP contribution in [0.1, 0.15) is 18.1 Å². The summed E-state index contributed by atoms with van der Waals surface area (Å²) in [6.07, 6.45) is -0.709. The molecule has 0 aliphatic heterocycles. The summed E-state index contributed by atoms with van der Waals surface area (Å²) in [6, 6.07) is 16.3. The van der Waals surface area contributed by atoms with Crippen LogP contribution in [0.2, 0.25) is 0 Å². The third-order valence-corrected chi connectivity index (χ3v) is 3.33. The molecular weight excluding hydrogens is 292 g/mol. The van der Waals surface area contributed by atoms with E-state index in [2.05, 4.69) is 5.32 Å². The Kier molecular flexibility index (Phi) is 5.59. The molecule has 0 spiro atoms. The third kappa shape index (κ3) is 4.24. The molecule has 0 aliphatic carbocycles. The zero-order valence-electron chi connectivity index (χ0n) is 13.1. The number of ether oxygens (including phenoxy) is 2. The Morgan fingerprint density at radius 2 is 1.83 bits per heavy atom. The molecule has 2 rings (SSSR count). The molecule has 5 nitrogen and oxygen atoms in total. The molecule has 5 heteroatoms. The molecule has 0 aromatic heterocycles. The van der Waals surface area contributed by atoms with Gasteiger partial charge in [0.05, 0.1) is 12.7 Å². The van der Waals surface area contributed by atoms with E-state index in [9.17, 15) is 4.79 Å². The van der Waals surface area contributed by atoms with Crippen LogP contribution in [0.15, 0.2) is 48.5 Å². The van der Waals surface area contributed by atoms with Gasteiger partial charge in [0.1, 0.15) is 17.6 Å². The van der Waals surface area contributed by atoms with E-state index in [-0.39, 0.29) is 5.91 Å². The number of rotatable bonds is 6. The van der Waals surface area contributed by atoms with E-state index in [1.54, 1.807) is 38.3 Å². The van der Waals surface area contributed by atoms with Crippen LogP contribution in [0.5, 0.6) is 11.5 Å². The van der Waals surface area contributed by atoms with Gasteiger partial charge in [-0.2, -0.15) is 5.26 Å². The van der Waals surface area contributed by atoms with Crippen molar-refractivity contribution in [1.82, 2.24) is 5.32 Å². The molecule has 0 bridgehead atoms. The minimum atomic E-state index is -0.709. The van der Waals surface area contributed by atoms with Gasteiger partial charge in [-0.3, -0.25) is 4.79 Å². The van der Waals surface area contributed by atoms with Gasteiger partial charge in [-0.25, -0.2) is 0 Å². The minimum Gasteiger partial charge on any atom is -0.496 e. The lowest BCUT2D eigenvalue weighted by atomic mass is 10.2. The van der Waals surface area contributed by atoms with Crippen molar-refractivity contribution in [3.8, 4) is 17.6 Å². The molecule has 0 saturated carbocycles. The third-order valence-electron chi connectivity index (χ3n) is 3.33. The Morgan fingerprint density at radius 1 is 1.17 bits per heavy atom.